The van der Waals surface area contributed by atoms with E-state index >= 15 is 4.39 Å². The number of alkyl halides is 1. The van der Waals surface area contributed by atoms with Crippen LogP contribution in [0, 0.1) is 34.5 Å². The molecule has 9 nitrogen and oxygen atoms in total. The van der Waals surface area contributed by atoms with Crippen molar-refractivity contribution in [3.63, 3.8) is 0 Å². The quantitative estimate of drug-likeness (QED) is 0.459. The van der Waals surface area contributed by atoms with E-state index < -0.39 is 88.1 Å². The normalized spacial score (nSPS) is 47.0. The fourth-order valence-electron chi connectivity index (χ4n) is 9.87. The average molecular weight is 589 g/mol. The summed E-state index contributed by atoms with van der Waals surface area (Å²) in [5.74, 6) is -6.35. The van der Waals surface area contributed by atoms with Crippen molar-refractivity contribution in [3.05, 3.63) is 23.8 Å². The first-order chi connectivity index (χ1) is 19.6. The molecule has 6 rings (SSSR count). The highest BCUT2D eigenvalue weighted by molar-refractivity contribution is 6.01. The number of hydrogen-bond acceptors (Lipinski definition) is 8. The van der Waals surface area contributed by atoms with Crippen molar-refractivity contribution >= 4 is 23.5 Å². The van der Waals surface area contributed by atoms with E-state index in [1.165, 1.54) is 12.2 Å². The van der Waals surface area contributed by atoms with Gasteiger partial charge in [0.15, 0.2) is 29.4 Å². The first-order valence-corrected chi connectivity index (χ1v) is 15.2. The predicted octanol–water partition coefficient (Wildman–Crippen LogP) is 3.86. The van der Waals surface area contributed by atoms with Crippen molar-refractivity contribution in [1.29, 1.82) is 0 Å². The molecule has 2 N–H and O–H groups in total. The minimum Gasteiger partial charge on any atom is -0.481 e. The van der Waals surface area contributed by atoms with E-state index in [1.807, 2.05) is 6.92 Å². The van der Waals surface area contributed by atoms with Crippen LogP contribution in [0.3, 0.4) is 0 Å². The number of carboxylic acids is 1. The third-order valence-electron chi connectivity index (χ3n) is 11.8. The molecular weight excluding hydrogens is 547 g/mol. The lowest BCUT2D eigenvalue weighted by Gasteiger charge is -2.62. The molecule has 10 heteroatoms. The van der Waals surface area contributed by atoms with Gasteiger partial charge in [-0.15, -0.1) is 0 Å². The zero-order chi connectivity index (χ0) is 30.5. The van der Waals surface area contributed by atoms with E-state index in [2.05, 4.69) is 0 Å². The lowest BCUT2D eigenvalue weighted by Crippen LogP contribution is -2.70. The number of fused-ring (bicyclic) bond motifs is 7. The Morgan fingerprint density at radius 2 is 1.76 bits per heavy atom. The molecule has 42 heavy (non-hydrogen) atoms. The first-order valence-electron chi connectivity index (χ1n) is 15.2. The van der Waals surface area contributed by atoms with Gasteiger partial charge in [0.2, 0.25) is 5.78 Å². The zero-order valence-electron chi connectivity index (χ0n) is 24.7. The van der Waals surface area contributed by atoms with Crippen molar-refractivity contribution in [2.75, 3.05) is 6.61 Å². The number of halogens is 1. The Morgan fingerprint density at radius 1 is 1.07 bits per heavy atom. The van der Waals surface area contributed by atoms with Gasteiger partial charge in [0, 0.05) is 16.7 Å². The number of carbonyl (C=O) groups is 4. The van der Waals surface area contributed by atoms with Gasteiger partial charge < -0.3 is 24.4 Å². The largest absolute Gasteiger partial charge is 0.481 e. The number of hydrogen-bond donors (Lipinski definition) is 2. The molecule has 230 valence electrons. The van der Waals surface area contributed by atoms with Crippen LogP contribution in [0.5, 0.6) is 0 Å². The summed E-state index contributed by atoms with van der Waals surface area (Å²) < 4.78 is 35.8. The summed E-state index contributed by atoms with van der Waals surface area (Å²) in [6, 6.07) is 0. The molecule has 2 unspecified atom stereocenters. The van der Waals surface area contributed by atoms with Gasteiger partial charge in [-0.3, -0.25) is 19.2 Å². The number of ketones is 2. The van der Waals surface area contributed by atoms with E-state index in [9.17, 15) is 29.4 Å². The Balaban J connectivity index is 1.32. The lowest BCUT2D eigenvalue weighted by molar-refractivity contribution is -0.246. The van der Waals surface area contributed by atoms with E-state index in [0.717, 1.165) is 0 Å². The summed E-state index contributed by atoms with van der Waals surface area (Å²) in [5, 5.41) is 21.3. The van der Waals surface area contributed by atoms with Crippen molar-refractivity contribution in [1.82, 2.24) is 0 Å². The number of aliphatic carboxylic acids is 1. The SMILES string of the molecule is CC1(C)O[C@@H]2C[C@H]3[C@@H]4CCC5=CC(=O)C=C[C@]5(C)[C@@]4(F)[C@@H](O)C[C@]3(C)[C@]2(C(=O)COC(=O)C2CCCCC2C(=O)O)O1. The highest BCUT2D eigenvalue weighted by atomic mass is 19.1. The van der Waals surface area contributed by atoms with Crippen LogP contribution in [0.1, 0.15) is 79.1 Å². The zero-order valence-corrected chi connectivity index (χ0v) is 24.7. The van der Waals surface area contributed by atoms with Crippen LogP contribution in [0.4, 0.5) is 4.39 Å². The second kappa shape index (κ2) is 9.53. The summed E-state index contributed by atoms with van der Waals surface area (Å²) in [6.07, 6.45) is 5.52. The van der Waals surface area contributed by atoms with Crippen molar-refractivity contribution < 1.29 is 48.0 Å². The molecule has 6 aliphatic rings. The topological polar surface area (TPSA) is 136 Å². The van der Waals surface area contributed by atoms with Crippen LogP contribution in [-0.2, 0) is 33.4 Å². The van der Waals surface area contributed by atoms with E-state index in [1.54, 1.807) is 26.8 Å². The highest BCUT2D eigenvalue weighted by Gasteiger charge is 2.80. The van der Waals surface area contributed by atoms with Gasteiger partial charge >= 0.3 is 11.9 Å². The number of esters is 1. The number of aliphatic hydroxyl groups is 1. The molecule has 0 aromatic heterocycles. The number of carboxylic acid groups (broad SMARTS) is 1. The minimum atomic E-state index is -2.07. The molecule has 1 heterocycles. The fraction of sp³-hybridized carbons (Fsp3) is 0.750. The van der Waals surface area contributed by atoms with Gasteiger partial charge in [-0.25, -0.2) is 4.39 Å². The lowest BCUT2D eigenvalue weighted by atomic mass is 9.44. The van der Waals surface area contributed by atoms with Gasteiger partial charge in [0.25, 0.3) is 0 Å². The molecule has 0 aromatic rings. The van der Waals surface area contributed by atoms with E-state index in [4.69, 9.17) is 14.2 Å². The standard InChI is InChI=1S/C32H41FO9/c1-28(2)41-25-14-22-21-10-9-17-13-18(34)11-12-29(17,3)31(21,33)23(35)15-30(22,4)32(25,42-28)24(36)16-40-27(39)20-8-6-5-7-19(20)26(37)38/h11-13,19-23,25,35H,5-10,14-16H2,1-4H3,(H,37,38)/t19?,20?,21-,22-,23-,25+,29-,30-,31-,32+/m0/s1. The summed E-state index contributed by atoms with van der Waals surface area (Å²) in [4.78, 5) is 51.2. The Labute approximate surface area is 244 Å². The van der Waals surface area contributed by atoms with E-state index in [0.29, 0.717) is 50.5 Å². The summed E-state index contributed by atoms with van der Waals surface area (Å²) in [5.41, 5.74) is -5.22. The smallest absolute Gasteiger partial charge is 0.310 e. The molecule has 0 radical (unpaired) electrons. The van der Waals surface area contributed by atoms with Crippen LogP contribution in [0.15, 0.2) is 23.8 Å². The monoisotopic (exact) mass is 588 g/mol. The molecule has 1 saturated heterocycles. The molecule has 5 aliphatic carbocycles. The Kier molecular flexibility index (Phi) is 6.73. The second-order valence-electron chi connectivity index (χ2n) is 14.2. The van der Waals surface area contributed by atoms with Crippen LogP contribution in [0.25, 0.3) is 0 Å². The molecule has 0 amide bonds. The molecule has 5 fully saturated rings. The molecule has 10 atom stereocenters. The van der Waals surface area contributed by atoms with Gasteiger partial charge in [-0.2, -0.15) is 0 Å². The van der Waals surface area contributed by atoms with Gasteiger partial charge in [0.05, 0.1) is 24.0 Å². The Hall–Kier alpha value is -2.43. The first kappa shape index (κ1) is 29.6. The maximum absolute atomic E-state index is 17.5. The molecule has 0 bridgehead atoms. The van der Waals surface area contributed by atoms with Crippen molar-refractivity contribution in [2.24, 2.45) is 34.5 Å². The number of carbonyl (C=O) groups excluding carboxylic acids is 3. The van der Waals surface area contributed by atoms with E-state index in [-0.39, 0.29) is 12.2 Å². The number of rotatable bonds is 5. The predicted molar refractivity (Wildman–Crippen MR) is 146 cm³/mol. The summed E-state index contributed by atoms with van der Waals surface area (Å²) >= 11 is 0. The van der Waals surface area contributed by atoms with Crippen molar-refractivity contribution in [3.8, 4) is 0 Å². The van der Waals surface area contributed by atoms with Crippen LogP contribution >= 0.6 is 0 Å². The van der Waals surface area contributed by atoms with Crippen molar-refractivity contribution in [2.45, 2.75) is 108 Å². The summed E-state index contributed by atoms with van der Waals surface area (Å²) in [7, 11) is 0. The maximum Gasteiger partial charge on any atom is 0.310 e. The number of ether oxygens (including phenoxy) is 3. The Morgan fingerprint density at radius 3 is 2.45 bits per heavy atom. The second-order valence-corrected chi connectivity index (χ2v) is 14.2. The van der Waals surface area contributed by atoms with Crippen LogP contribution in [0.2, 0.25) is 0 Å². The highest BCUT2D eigenvalue weighted by Crippen LogP contribution is 2.72. The van der Waals surface area contributed by atoms with Gasteiger partial charge in [-0.05, 0) is 77.4 Å². The molecule has 1 aliphatic heterocycles. The number of Topliss-reactive ketones (excluding diaryl/α,β-unsaturated/α-hetero) is 1. The third kappa shape index (κ3) is 3.83. The van der Waals surface area contributed by atoms with Crippen LogP contribution < -0.4 is 0 Å². The number of allylic oxidation sites excluding steroid dienone is 4. The summed E-state index contributed by atoms with van der Waals surface area (Å²) in [6.45, 7) is 6.36. The molecule has 4 saturated carbocycles. The molecular formula is C32H41FO9. The third-order valence-corrected chi connectivity index (χ3v) is 11.8. The Bertz CT molecular complexity index is 1290. The van der Waals surface area contributed by atoms with Gasteiger partial charge in [0.1, 0.15) is 0 Å². The molecule has 0 spiro atoms. The maximum atomic E-state index is 17.5. The van der Waals surface area contributed by atoms with Gasteiger partial charge in [-0.1, -0.05) is 31.4 Å². The minimum absolute atomic E-state index is 0.0886. The number of aliphatic hydroxyl groups excluding tert-OH is 1. The van der Waals surface area contributed by atoms with Crippen LogP contribution in [-0.4, -0.2) is 69.6 Å². The fourth-order valence-corrected chi connectivity index (χ4v) is 9.87. The average Bonchev–Trinajstić information content (AvgIpc) is 3.34. The molecule has 0 aromatic carbocycles.